The first-order chi connectivity index (χ1) is 7.22. The van der Waals surface area contributed by atoms with Gasteiger partial charge in [0.1, 0.15) is 0 Å². The van der Waals surface area contributed by atoms with Crippen LogP contribution in [-0.4, -0.2) is 6.04 Å². The molecule has 4 bridgehead atoms. The predicted molar refractivity (Wildman–Crippen MR) is 61.3 cm³/mol. The molecule has 0 aromatic carbocycles. The molecule has 5 fully saturated rings. The summed E-state index contributed by atoms with van der Waals surface area (Å²) in [6.45, 7) is 0. The van der Waals surface area contributed by atoms with Crippen LogP contribution in [0.5, 0.6) is 0 Å². The molecule has 0 aliphatic heterocycles. The Bertz CT molecular complexity index is 248. The van der Waals surface area contributed by atoms with Gasteiger partial charge in [-0.25, -0.2) is 0 Å². The van der Waals surface area contributed by atoms with Crippen LogP contribution in [0.4, 0.5) is 0 Å². The molecule has 5 aliphatic rings. The number of nitrogens with two attached hydrogens (primary N) is 1. The Morgan fingerprint density at radius 3 is 1.73 bits per heavy atom. The summed E-state index contributed by atoms with van der Waals surface area (Å²) < 4.78 is 0. The number of hydrogen-bond acceptors (Lipinski definition) is 1. The molecule has 0 saturated heterocycles. The quantitative estimate of drug-likeness (QED) is 0.737. The fraction of sp³-hybridized carbons (Fsp3) is 1.00. The second-order valence-electron chi connectivity index (χ2n) is 7.28. The van der Waals surface area contributed by atoms with Crippen LogP contribution in [0.2, 0.25) is 0 Å². The third-order valence-corrected chi connectivity index (χ3v) is 5.84. The molecule has 5 saturated carbocycles. The fourth-order valence-electron chi connectivity index (χ4n) is 5.60. The van der Waals surface area contributed by atoms with Crippen molar-refractivity contribution in [3.63, 3.8) is 0 Å². The van der Waals surface area contributed by atoms with E-state index in [0.29, 0.717) is 6.04 Å². The van der Waals surface area contributed by atoms with Gasteiger partial charge in [0.2, 0.25) is 0 Å². The summed E-state index contributed by atoms with van der Waals surface area (Å²) in [7, 11) is 0. The lowest BCUT2D eigenvalue weighted by Crippen LogP contribution is -2.46. The highest BCUT2D eigenvalue weighted by Crippen LogP contribution is 2.63. The van der Waals surface area contributed by atoms with E-state index in [1.807, 2.05) is 0 Å². The molecular weight excluding hydrogens is 182 g/mol. The SMILES string of the molecule is NC1CC1CC12CC3CC(CC(C3)C1)C2. The molecule has 2 atom stereocenters. The smallest absolute Gasteiger partial charge is 0.00711 e. The van der Waals surface area contributed by atoms with Crippen LogP contribution in [0.1, 0.15) is 51.4 Å². The normalized spacial score (nSPS) is 61.0. The summed E-state index contributed by atoms with van der Waals surface area (Å²) in [5, 5.41) is 0. The van der Waals surface area contributed by atoms with Crippen LogP contribution in [0.25, 0.3) is 0 Å². The molecule has 0 aromatic rings. The Morgan fingerprint density at radius 1 is 0.867 bits per heavy atom. The minimum Gasteiger partial charge on any atom is -0.327 e. The third-order valence-electron chi connectivity index (χ3n) is 5.84. The van der Waals surface area contributed by atoms with Crippen molar-refractivity contribution < 1.29 is 0 Å². The highest BCUT2D eigenvalue weighted by atomic mass is 14.7. The Hall–Kier alpha value is -0.0400. The van der Waals surface area contributed by atoms with Gasteiger partial charge in [-0.15, -0.1) is 0 Å². The van der Waals surface area contributed by atoms with E-state index in [-0.39, 0.29) is 0 Å². The van der Waals surface area contributed by atoms with E-state index in [0.717, 1.165) is 29.1 Å². The maximum Gasteiger partial charge on any atom is 0.00711 e. The van der Waals surface area contributed by atoms with Crippen molar-refractivity contribution in [2.45, 2.75) is 57.4 Å². The van der Waals surface area contributed by atoms with Crippen LogP contribution < -0.4 is 5.73 Å². The predicted octanol–water partition coefficient (Wildman–Crippen LogP) is 2.94. The van der Waals surface area contributed by atoms with Crippen LogP contribution in [0, 0.1) is 29.1 Å². The van der Waals surface area contributed by atoms with Gasteiger partial charge in [0, 0.05) is 6.04 Å². The monoisotopic (exact) mass is 205 g/mol. The average molecular weight is 205 g/mol. The molecule has 5 aliphatic carbocycles. The lowest BCUT2D eigenvalue weighted by molar-refractivity contribution is -0.0602. The highest BCUT2D eigenvalue weighted by Gasteiger charge is 2.53. The van der Waals surface area contributed by atoms with Gasteiger partial charge in [-0.05, 0) is 80.5 Å². The molecule has 5 rings (SSSR count). The van der Waals surface area contributed by atoms with Gasteiger partial charge in [-0.1, -0.05) is 0 Å². The molecule has 2 unspecified atom stereocenters. The van der Waals surface area contributed by atoms with E-state index < -0.39 is 0 Å². The van der Waals surface area contributed by atoms with Gasteiger partial charge in [0.25, 0.3) is 0 Å². The highest BCUT2D eigenvalue weighted by molar-refractivity contribution is 5.05. The van der Waals surface area contributed by atoms with E-state index in [1.165, 1.54) is 12.8 Å². The molecule has 1 heteroatoms. The van der Waals surface area contributed by atoms with Gasteiger partial charge in [0.05, 0.1) is 0 Å². The third kappa shape index (κ3) is 1.39. The molecule has 15 heavy (non-hydrogen) atoms. The second kappa shape index (κ2) is 2.80. The number of hydrogen-bond donors (Lipinski definition) is 1. The second-order valence-corrected chi connectivity index (χ2v) is 7.28. The molecule has 84 valence electrons. The Morgan fingerprint density at radius 2 is 1.33 bits per heavy atom. The first-order valence-corrected chi connectivity index (χ1v) is 6.98. The molecular formula is C14H23N. The minimum atomic E-state index is 0.581. The van der Waals surface area contributed by atoms with Gasteiger partial charge >= 0.3 is 0 Å². The molecule has 0 amide bonds. The van der Waals surface area contributed by atoms with E-state index >= 15 is 0 Å². The fourth-order valence-corrected chi connectivity index (χ4v) is 5.60. The zero-order valence-corrected chi connectivity index (χ0v) is 9.62. The molecule has 0 aromatic heterocycles. The molecule has 2 N–H and O–H groups in total. The standard InChI is InChI=1S/C14H23N/c15-13-4-12(13)8-14-5-9-1-10(6-14)3-11(2-9)7-14/h9-13H,1-8,15H2. The van der Waals surface area contributed by atoms with Gasteiger partial charge in [-0.3, -0.25) is 0 Å². The summed E-state index contributed by atoms with van der Waals surface area (Å²) in [6.07, 6.45) is 12.3. The van der Waals surface area contributed by atoms with Gasteiger partial charge in [0.15, 0.2) is 0 Å². The van der Waals surface area contributed by atoms with Crippen LogP contribution in [0.3, 0.4) is 0 Å². The Kier molecular flexibility index (Phi) is 1.68. The summed E-state index contributed by atoms with van der Waals surface area (Å²) in [5.74, 6) is 4.27. The van der Waals surface area contributed by atoms with Gasteiger partial charge < -0.3 is 5.73 Å². The lowest BCUT2D eigenvalue weighted by Gasteiger charge is -2.57. The lowest BCUT2D eigenvalue weighted by atomic mass is 9.48. The van der Waals surface area contributed by atoms with Crippen molar-refractivity contribution in [2.24, 2.45) is 34.8 Å². The van der Waals surface area contributed by atoms with E-state index in [1.54, 1.807) is 38.5 Å². The first kappa shape index (κ1) is 9.04. The zero-order chi connectivity index (χ0) is 10.0. The zero-order valence-electron chi connectivity index (χ0n) is 9.62. The van der Waals surface area contributed by atoms with Crippen LogP contribution >= 0.6 is 0 Å². The molecule has 0 radical (unpaired) electrons. The van der Waals surface area contributed by atoms with Gasteiger partial charge in [-0.2, -0.15) is 0 Å². The summed E-state index contributed by atoms with van der Waals surface area (Å²) in [5.41, 5.74) is 6.78. The van der Waals surface area contributed by atoms with Crippen LogP contribution in [-0.2, 0) is 0 Å². The van der Waals surface area contributed by atoms with E-state index in [2.05, 4.69) is 0 Å². The summed E-state index contributed by atoms with van der Waals surface area (Å²) in [6, 6.07) is 0.581. The largest absolute Gasteiger partial charge is 0.327 e. The maximum atomic E-state index is 6.00. The Balaban J connectivity index is 1.55. The number of rotatable bonds is 2. The van der Waals surface area contributed by atoms with Crippen molar-refractivity contribution in [3.8, 4) is 0 Å². The molecule has 0 heterocycles. The summed E-state index contributed by atoms with van der Waals surface area (Å²) >= 11 is 0. The summed E-state index contributed by atoms with van der Waals surface area (Å²) in [4.78, 5) is 0. The molecule has 0 spiro atoms. The minimum absolute atomic E-state index is 0.581. The van der Waals surface area contributed by atoms with Crippen molar-refractivity contribution in [2.75, 3.05) is 0 Å². The van der Waals surface area contributed by atoms with Crippen molar-refractivity contribution >= 4 is 0 Å². The molecule has 1 nitrogen and oxygen atoms in total. The Labute approximate surface area is 92.8 Å². The first-order valence-electron chi connectivity index (χ1n) is 6.98. The van der Waals surface area contributed by atoms with Crippen molar-refractivity contribution in [3.05, 3.63) is 0 Å². The maximum absolute atomic E-state index is 6.00. The van der Waals surface area contributed by atoms with Crippen LogP contribution in [0.15, 0.2) is 0 Å². The van der Waals surface area contributed by atoms with E-state index in [4.69, 9.17) is 5.73 Å². The topological polar surface area (TPSA) is 26.0 Å². The average Bonchev–Trinajstić information content (AvgIpc) is 2.77. The van der Waals surface area contributed by atoms with Crippen molar-refractivity contribution in [1.29, 1.82) is 0 Å². The van der Waals surface area contributed by atoms with E-state index in [9.17, 15) is 0 Å². The van der Waals surface area contributed by atoms with Crippen molar-refractivity contribution in [1.82, 2.24) is 0 Å².